The first kappa shape index (κ1) is 21.6. The van der Waals surface area contributed by atoms with E-state index in [9.17, 15) is 14.7 Å². The molecular weight excluding hydrogens is 398 g/mol. The minimum Gasteiger partial charge on any atom is -0.481 e. The lowest BCUT2D eigenvalue weighted by molar-refractivity contribution is -0.147. The molecule has 0 fully saturated rings. The zero-order valence-corrected chi connectivity index (χ0v) is 18.2. The van der Waals surface area contributed by atoms with Crippen molar-refractivity contribution in [1.82, 2.24) is 0 Å². The van der Waals surface area contributed by atoms with E-state index in [1.54, 1.807) is 0 Å². The first-order valence-electron chi connectivity index (χ1n) is 10.9. The lowest BCUT2D eigenvalue weighted by Crippen LogP contribution is -2.42. The van der Waals surface area contributed by atoms with E-state index in [-0.39, 0.29) is 17.7 Å². The molecule has 1 aliphatic carbocycles. The molecule has 0 unspecified atom stereocenters. The van der Waals surface area contributed by atoms with Crippen LogP contribution in [-0.4, -0.2) is 17.0 Å². The van der Waals surface area contributed by atoms with Crippen molar-refractivity contribution < 1.29 is 14.7 Å². The summed E-state index contributed by atoms with van der Waals surface area (Å²) in [6, 6.07) is 25.0. The predicted octanol–water partition coefficient (Wildman–Crippen LogP) is 5.70. The number of hydrogen-bond acceptors (Lipinski definition) is 2. The average Bonchev–Trinajstić information content (AvgIpc) is 2.82. The highest BCUT2D eigenvalue weighted by Crippen LogP contribution is 2.45. The van der Waals surface area contributed by atoms with Crippen LogP contribution in [0.1, 0.15) is 34.1 Å². The Morgan fingerprint density at radius 3 is 1.78 bits per heavy atom. The summed E-state index contributed by atoms with van der Waals surface area (Å²) in [4.78, 5) is 26.3. The van der Waals surface area contributed by atoms with Crippen LogP contribution in [0.25, 0.3) is 0 Å². The van der Waals surface area contributed by atoms with Gasteiger partial charge in [0.25, 0.3) is 0 Å². The van der Waals surface area contributed by atoms with E-state index >= 15 is 0 Å². The standard InChI is InChI=1S/C28H27NO3/c1-18-10-9-15-24(19(18)2)29-27(30)25-22(20-11-5-3-6-12-20)16-17-23(26(25)28(31)32)21-13-7-4-8-14-21/h3-17,22-23,25-26H,1-2H3,(H,29,30)(H,31,32)/t22-,23+,25-,26+/m1/s1. The molecule has 1 aliphatic rings. The fourth-order valence-electron chi connectivity index (χ4n) is 4.65. The van der Waals surface area contributed by atoms with Crippen LogP contribution >= 0.6 is 0 Å². The van der Waals surface area contributed by atoms with Crippen LogP contribution in [0.2, 0.25) is 0 Å². The number of carbonyl (C=O) groups is 2. The van der Waals surface area contributed by atoms with Crippen molar-refractivity contribution in [2.75, 3.05) is 5.32 Å². The van der Waals surface area contributed by atoms with Crippen LogP contribution in [0.15, 0.2) is 91.0 Å². The van der Waals surface area contributed by atoms with E-state index in [1.165, 1.54) is 0 Å². The summed E-state index contributed by atoms with van der Waals surface area (Å²) in [6.45, 7) is 3.95. The molecule has 0 saturated heterocycles. The molecule has 3 aromatic carbocycles. The number of amides is 1. The smallest absolute Gasteiger partial charge is 0.308 e. The molecule has 0 aliphatic heterocycles. The SMILES string of the molecule is Cc1cccc(NC(=O)[C@H]2[C@@H](C(=O)O)[C@H](c3ccccc3)C=C[C@@H]2c2ccccc2)c1C. The van der Waals surface area contributed by atoms with Gasteiger partial charge in [-0.25, -0.2) is 0 Å². The third-order valence-electron chi connectivity index (χ3n) is 6.51. The average molecular weight is 426 g/mol. The first-order valence-corrected chi connectivity index (χ1v) is 10.9. The number of allylic oxidation sites excluding steroid dienone is 2. The third-order valence-corrected chi connectivity index (χ3v) is 6.51. The maximum absolute atomic E-state index is 13.7. The van der Waals surface area contributed by atoms with Gasteiger partial charge < -0.3 is 10.4 Å². The molecular formula is C28H27NO3. The van der Waals surface area contributed by atoms with Crippen molar-refractivity contribution >= 4 is 17.6 Å². The Hall–Kier alpha value is -3.66. The Bertz CT molecular complexity index is 1140. The van der Waals surface area contributed by atoms with Crippen molar-refractivity contribution in [2.24, 2.45) is 11.8 Å². The summed E-state index contributed by atoms with van der Waals surface area (Å²) in [5, 5.41) is 13.3. The lowest BCUT2D eigenvalue weighted by Gasteiger charge is -2.37. The summed E-state index contributed by atoms with van der Waals surface area (Å²) < 4.78 is 0. The summed E-state index contributed by atoms with van der Waals surface area (Å²) in [5.41, 5.74) is 4.60. The number of carbonyl (C=O) groups excluding carboxylic acids is 1. The van der Waals surface area contributed by atoms with Crippen molar-refractivity contribution in [3.05, 3.63) is 113 Å². The minimum atomic E-state index is -0.967. The number of benzene rings is 3. The highest BCUT2D eigenvalue weighted by atomic mass is 16.4. The number of aryl methyl sites for hydroxylation is 1. The number of carboxylic acids is 1. The minimum absolute atomic E-state index is 0.273. The molecule has 0 aromatic heterocycles. The molecule has 0 radical (unpaired) electrons. The Balaban J connectivity index is 1.79. The number of hydrogen-bond donors (Lipinski definition) is 2. The van der Waals surface area contributed by atoms with Gasteiger partial charge in [-0.1, -0.05) is 84.9 Å². The number of nitrogens with one attached hydrogen (secondary N) is 1. The van der Waals surface area contributed by atoms with E-state index in [2.05, 4.69) is 5.32 Å². The monoisotopic (exact) mass is 425 g/mol. The van der Waals surface area contributed by atoms with Crippen LogP contribution in [0.3, 0.4) is 0 Å². The van der Waals surface area contributed by atoms with Crippen LogP contribution in [0, 0.1) is 25.7 Å². The Morgan fingerprint density at radius 1 is 0.719 bits per heavy atom. The zero-order chi connectivity index (χ0) is 22.7. The van der Waals surface area contributed by atoms with Gasteiger partial charge in [0.2, 0.25) is 5.91 Å². The molecule has 32 heavy (non-hydrogen) atoms. The molecule has 0 spiro atoms. The van der Waals surface area contributed by atoms with Gasteiger partial charge in [0.05, 0.1) is 11.8 Å². The van der Waals surface area contributed by atoms with Gasteiger partial charge >= 0.3 is 5.97 Å². The van der Waals surface area contributed by atoms with Crippen molar-refractivity contribution in [3.8, 4) is 0 Å². The van der Waals surface area contributed by atoms with Gasteiger partial charge in [-0.05, 0) is 42.2 Å². The van der Waals surface area contributed by atoms with Crippen molar-refractivity contribution in [3.63, 3.8) is 0 Å². The number of aliphatic carboxylic acids is 1. The second-order valence-electron chi connectivity index (χ2n) is 8.38. The second kappa shape index (κ2) is 9.23. The van der Waals surface area contributed by atoms with Crippen LogP contribution in [0.4, 0.5) is 5.69 Å². The van der Waals surface area contributed by atoms with Crippen molar-refractivity contribution in [1.29, 1.82) is 0 Å². The maximum atomic E-state index is 13.7. The third kappa shape index (κ3) is 4.22. The summed E-state index contributed by atoms with van der Waals surface area (Å²) in [6.07, 6.45) is 3.95. The van der Waals surface area contributed by atoms with Gasteiger partial charge in [-0.15, -0.1) is 0 Å². The van der Waals surface area contributed by atoms with E-state index in [1.807, 2.05) is 105 Å². The summed E-state index contributed by atoms with van der Waals surface area (Å²) >= 11 is 0. The Kier molecular flexibility index (Phi) is 6.22. The van der Waals surface area contributed by atoms with Crippen LogP contribution in [0.5, 0.6) is 0 Å². The molecule has 0 saturated carbocycles. The number of anilines is 1. The normalized spacial score (nSPS) is 22.3. The fraction of sp³-hybridized carbons (Fsp3) is 0.214. The largest absolute Gasteiger partial charge is 0.481 e. The molecule has 2 N–H and O–H groups in total. The van der Waals surface area contributed by atoms with Gasteiger partial charge in [0.15, 0.2) is 0 Å². The van der Waals surface area contributed by atoms with Crippen LogP contribution < -0.4 is 5.32 Å². The highest BCUT2D eigenvalue weighted by Gasteiger charge is 2.46. The predicted molar refractivity (Wildman–Crippen MR) is 127 cm³/mol. The van der Waals surface area contributed by atoms with Crippen molar-refractivity contribution in [2.45, 2.75) is 25.7 Å². The summed E-state index contributed by atoms with van der Waals surface area (Å²) in [5.74, 6) is -3.61. The molecule has 1 amide bonds. The molecule has 4 rings (SSSR count). The number of carboxylic acid groups (broad SMARTS) is 1. The topological polar surface area (TPSA) is 66.4 Å². The molecule has 4 atom stereocenters. The van der Waals surface area contributed by atoms with Gasteiger partial charge in [-0.2, -0.15) is 0 Å². The van der Waals surface area contributed by atoms with E-state index in [4.69, 9.17) is 0 Å². The van der Waals surface area contributed by atoms with Gasteiger partial charge in [-0.3, -0.25) is 9.59 Å². The molecule has 3 aromatic rings. The van der Waals surface area contributed by atoms with Gasteiger partial charge in [0, 0.05) is 17.5 Å². The molecule has 162 valence electrons. The lowest BCUT2D eigenvalue weighted by atomic mass is 9.66. The zero-order valence-electron chi connectivity index (χ0n) is 18.2. The van der Waals surface area contributed by atoms with E-state index in [0.29, 0.717) is 0 Å². The second-order valence-corrected chi connectivity index (χ2v) is 8.38. The molecule has 4 heteroatoms. The quantitative estimate of drug-likeness (QED) is 0.516. The van der Waals surface area contributed by atoms with E-state index in [0.717, 1.165) is 27.9 Å². The Morgan fingerprint density at radius 2 is 1.25 bits per heavy atom. The summed E-state index contributed by atoms with van der Waals surface area (Å²) in [7, 11) is 0. The molecule has 4 nitrogen and oxygen atoms in total. The highest BCUT2D eigenvalue weighted by molar-refractivity contribution is 5.97. The van der Waals surface area contributed by atoms with Crippen LogP contribution in [-0.2, 0) is 9.59 Å². The first-order chi connectivity index (χ1) is 15.5. The Labute approximate surface area is 188 Å². The maximum Gasteiger partial charge on any atom is 0.308 e. The van der Waals surface area contributed by atoms with E-state index < -0.39 is 17.8 Å². The number of rotatable bonds is 5. The fourth-order valence-corrected chi connectivity index (χ4v) is 4.65. The van der Waals surface area contributed by atoms with Gasteiger partial charge in [0.1, 0.15) is 0 Å². The molecule has 0 heterocycles. The molecule has 0 bridgehead atoms.